The van der Waals surface area contributed by atoms with Crippen LogP contribution < -0.4 is 10.6 Å². The minimum Gasteiger partial charge on any atom is -0.338 e. The molecule has 2 N–H and O–H groups in total. The Hall–Kier alpha value is -2.67. The molecule has 0 aromatic heterocycles. The largest absolute Gasteiger partial charge is 0.338 e. The van der Waals surface area contributed by atoms with Crippen molar-refractivity contribution in [3.63, 3.8) is 0 Å². The lowest BCUT2D eigenvalue weighted by Crippen LogP contribution is -2.30. The number of carbonyl (C=O) groups is 1. The van der Waals surface area contributed by atoms with E-state index in [1.807, 2.05) is 0 Å². The maximum Gasteiger partial charge on any atom is 0.319 e. The predicted molar refractivity (Wildman–Crippen MR) is 85.2 cm³/mol. The summed E-state index contributed by atoms with van der Waals surface area (Å²) in [5.41, 5.74) is 0.715. The van der Waals surface area contributed by atoms with E-state index in [-0.39, 0.29) is 28.8 Å². The normalized spacial score (nSPS) is 10.2. The molecule has 0 aliphatic carbocycles. The summed E-state index contributed by atoms with van der Waals surface area (Å²) in [4.78, 5) is 21.9. The van der Waals surface area contributed by atoms with Gasteiger partial charge in [0.15, 0.2) is 0 Å². The van der Waals surface area contributed by atoms with Crippen molar-refractivity contribution in [1.82, 2.24) is 5.32 Å². The molecule has 0 aliphatic heterocycles. The Labute approximate surface area is 136 Å². The number of carbonyl (C=O) groups excluding carboxylic acids is 1. The first-order valence-electron chi connectivity index (χ1n) is 6.69. The van der Waals surface area contributed by atoms with E-state index in [1.54, 1.807) is 12.1 Å². The number of non-ortho nitro benzene ring substituents is 1. The summed E-state index contributed by atoms with van der Waals surface area (Å²) in [5.74, 6) is -0.338. The zero-order chi connectivity index (χ0) is 16.8. The molecule has 2 rings (SSSR count). The quantitative estimate of drug-likeness (QED) is 0.643. The van der Waals surface area contributed by atoms with E-state index < -0.39 is 11.0 Å². The van der Waals surface area contributed by atoms with Crippen LogP contribution in [0.4, 0.5) is 20.6 Å². The first kappa shape index (κ1) is 16.7. The van der Waals surface area contributed by atoms with Gasteiger partial charge in [0.1, 0.15) is 5.82 Å². The molecule has 0 aliphatic rings. The third kappa shape index (κ3) is 4.93. The van der Waals surface area contributed by atoms with Crippen LogP contribution in [0.25, 0.3) is 0 Å². The Morgan fingerprint density at radius 1 is 1.26 bits per heavy atom. The fraction of sp³-hybridized carbons (Fsp3) is 0.133. The average Bonchev–Trinajstić information content (AvgIpc) is 2.49. The van der Waals surface area contributed by atoms with Crippen molar-refractivity contribution in [3.05, 3.63) is 69.0 Å². The lowest BCUT2D eigenvalue weighted by Gasteiger charge is -2.09. The van der Waals surface area contributed by atoms with Crippen LogP contribution in [0.3, 0.4) is 0 Å². The van der Waals surface area contributed by atoms with Crippen LogP contribution in [0.15, 0.2) is 42.5 Å². The number of hydrogen-bond donors (Lipinski definition) is 2. The highest BCUT2D eigenvalue weighted by molar-refractivity contribution is 6.33. The molecule has 23 heavy (non-hydrogen) atoms. The Morgan fingerprint density at radius 2 is 2.04 bits per heavy atom. The molecule has 120 valence electrons. The predicted octanol–water partition coefficient (Wildman–Crippen LogP) is 3.75. The summed E-state index contributed by atoms with van der Waals surface area (Å²) in [7, 11) is 0. The molecule has 0 spiro atoms. The van der Waals surface area contributed by atoms with Gasteiger partial charge in [0.25, 0.3) is 5.69 Å². The van der Waals surface area contributed by atoms with E-state index in [0.29, 0.717) is 6.42 Å². The van der Waals surface area contributed by atoms with E-state index >= 15 is 0 Å². The second-order valence-electron chi connectivity index (χ2n) is 4.68. The third-order valence-corrected chi connectivity index (χ3v) is 3.33. The summed E-state index contributed by atoms with van der Waals surface area (Å²) in [5, 5.41) is 15.9. The summed E-state index contributed by atoms with van der Waals surface area (Å²) in [6.45, 7) is 0.280. The van der Waals surface area contributed by atoms with Gasteiger partial charge in [-0.3, -0.25) is 10.1 Å². The van der Waals surface area contributed by atoms with Gasteiger partial charge in [-0.2, -0.15) is 0 Å². The van der Waals surface area contributed by atoms with Crippen molar-refractivity contribution >= 4 is 29.0 Å². The van der Waals surface area contributed by atoms with Crippen LogP contribution in [0.2, 0.25) is 5.02 Å². The third-order valence-electron chi connectivity index (χ3n) is 3.00. The highest BCUT2D eigenvalue weighted by Crippen LogP contribution is 2.26. The first-order chi connectivity index (χ1) is 11.0. The lowest BCUT2D eigenvalue weighted by atomic mass is 10.1. The number of anilines is 1. The number of nitrogens with one attached hydrogen (secondary N) is 2. The first-order valence-corrected chi connectivity index (χ1v) is 7.07. The molecule has 2 amide bonds. The van der Waals surface area contributed by atoms with Crippen LogP contribution in [0.1, 0.15) is 5.56 Å². The molecule has 8 heteroatoms. The van der Waals surface area contributed by atoms with E-state index in [0.717, 1.165) is 5.56 Å². The van der Waals surface area contributed by atoms with Crippen LogP contribution in [0.5, 0.6) is 0 Å². The highest BCUT2D eigenvalue weighted by Gasteiger charge is 2.11. The topological polar surface area (TPSA) is 84.3 Å². The Bertz CT molecular complexity index is 740. The minimum atomic E-state index is -0.580. The van der Waals surface area contributed by atoms with Gasteiger partial charge in [-0.05, 0) is 30.2 Å². The van der Waals surface area contributed by atoms with Crippen LogP contribution in [-0.2, 0) is 6.42 Å². The number of amides is 2. The van der Waals surface area contributed by atoms with Gasteiger partial charge in [-0.15, -0.1) is 0 Å². The summed E-state index contributed by atoms with van der Waals surface area (Å²) < 4.78 is 13.0. The number of rotatable bonds is 5. The van der Waals surface area contributed by atoms with Gasteiger partial charge in [0, 0.05) is 18.7 Å². The number of nitro benzene ring substituents is 1. The van der Waals surface area contributed by atoms with Crippen LogP contribution in [0, 0.1) is 15.9 Å². The SMILES string of the molecule is O=C(NCCc1cccc(F)c1)Nc1cc([N+](=O)[O-])ccc1Cl. The Balaban J connectivity index is 1.90. The second kappa shape index (κ2) is 7.55. The monoisotopic (exact) mass is 337 g/mol. The van der Waals surface area contributed by atoms with E-state index in [2.05, 4.69) is 10.6 Å². The molecule has 0 saturated heterocycles. The van der Waals surface area contributed by atoms with E-state index in [1.165, 1.54) is 30.3 Å². The maximum absolute atomic E-state index is 13.0. The van der Waals surface area contributed by atoms with Gasteiger partial charge in [-0.25, -0.2) is 9.18 Å². The van der Waals surface area contributed by atoms with Crippen molar-refractivity contribution in [3.8, 4) is 0 Å². The Morgan fingerprint density at radius 3 is 2.74 bits per heavy atom. The van der Waals surface area contributed by atoms with Gasteiger partial charge in [-0.1, -0.05) is 23.7 Å². The zero-order valence-electron chi connectivity index (χ0n) is 11.9. The molecule has 0 bridgehead atoms. The molecule has 0 radical (unpaired) electrons. The number of benzene rings is 2. The molecule has 2 aromatic carbocycles. The number of hydrogen-bond acceptors (Lipinski definition) is 3. The van der Waals surface area contributed by atoms with Gasteiger partial charge >= 0.3 is 6.03 Å². The molecule has 0 heterocycles. The van der Waals surface area contributed by atoms with E-state index in [9.17, 15) is 19.3 Å². The molecule has 0 unspecified atom stereocenters. The smallest absolute Gasteiger partial charge is 0.319 e. The van der Waals surface area contributed by atoms with Gasteiger partial charge < -0.3 is 10.6 Å². The molecule has 6 nitrogen and oxygen atoms in total. The van der Waals surface area contributed by atoms with Gasteiger partial charge in [0.05, 0.1) is 15.6 Å². The lowest BCUT2D eigenvalue weighted by molar-refractivity contribution is -0.384. The molecular weight excluding hydrogens is 325 g/mol. The minimum absolute atomic E-state index is 0.143. The van der Waals surface area contributed by atoms with E-state index in [4.69, 9.17) is 11.6 Å². The maximum atomic E-state index is 13.0. The standard InChI is InChI=1S/C15H13ClFN3O3/c16-13-5-4-12(20(22)23)9-14(13)19-15(21)18-7-6-10-2-1-3-11(17)8-10/h1-5,8-9H,6-7H2,(H2,18,19,21). The fourth-order valence-corrected chi connectivity index (χ4v) is 2.07. The molecule has 0 saturated carbocycles. The summed E-state index contributed by atoms with van der Waals surface area (Å²) >= 11 is 5.89. The van der Waals surface area contributed by atoms with Crippen molar-refractivity contribution in [2.24, 2.45) is 0 Å². The fourth-order valence-electron chi connectivity index (χ4n) is 1.90. The number of halogens is 2. The zero-order valence-corrected chi connectivity index (χ0v) is 12.6. The molecule has 0 fully saturated rings. The second-order valence-corrected chi connectivity index (χ2v) is 5.09. The van der Waals surface area contributed by atoms with Crippen molar-refractivity contribution in [1.29, 1.82) is 0 Å². The number of urea groups is 1. The molecule has 0 atom stereocenters. The van der Waals surface area contributed by atoms with Crippen molar-refractivity contribution in [2.45, 2.75) is 6.42 Å². The number of nitrogens with zero attached hydrogens (tertiary/aromatic N) is 1. The van der Waals surface area contributed by atoms with Crippen LogP contribution >= 0.6 is 11.6 Å². The molecule has 2 aromatic rings. The average molecular weight is 338 g/mol. The Kier molecular flexibility index (Phi) is 5.48. The van der Waals surface area contributed by atoms with Crippen LogP contribution in [-0.4, -0.2) is 17.5 Å². The highest BCUT2D eigenvalue weighted by atomic mass is 35.5. The summed E-state index contributed by atoms with van der Waals surface area (Å²) in [6, 6.07) is 9.27. The van der Waals surface area contributed by atoms with Crippen molar-refractivity contribution < 1.29 is 14.1 Å². The van der Waals surface area contributed by atoms with Gasteiger partial charge in [0.2, 0.25) is 0 Å². The molecular formula is C15H13ClFN3O3. The number of nitro groups is 1. The van der Waals surface area contributed by atoms with Crippen molar-refractivity contribution in [2.75, 3.05) is 11.9 Å². The summed E-state index contributed by atoms with van der Waals surface area (Å²) in [6.07, 6.45) is 0.452.